The molecule has 0 fully saturated rings. The van der Waals surface area contributed by atoms with Crippen molar-refractivity contribution in [2.24, 2.45) is 7.05 Å². The third-order valence-corrected chi connectivity index (χ3v) is 4.97. The zero-order chi connectivity index (χ0) is 17.2. The van der Waals surface area contributed by atoms with E-state index in [1.54, 1.807) is 34.3 Å². The van der Waals surface area contributed by atoms with Crippen molar-refractivity contribution in [3.8, 4) is 5.69 Å². The number of para-hydroxylation sites is 1. The van der Waals surface area contributed by atoms with Crippen LogP contribution in [0.4, 0.5) is 0 Å². The maximum absolute atomic E-state index is 13.0. The molecular formula is C19H16N4OS. The molecule has 0 spiro atoms. The molecule has 0 aliphatic heterocycles. The van der Waals surface area contributed by atoms with E-state index >= 15 is 0 Å². The Hall–Kier alpha value is -2.86. The number of hydrogen-bond donors (Lipinski definition) is 0. The molecule has 2 aromatic heterocycles. The van der Waals surface area contributed by atoms with Crippen molar-refractivity contribution < 1.29 is 0 Å². The Kier molecular flexibility index (Phi) is 4.11. The van der Waals surface area contributed by atoms with Gasteiger partial charge in [0, 0.05) is 12.8 Å². The summed E-state index contributed by atoms with van der Waals surface area (Å²) in [6, 6.07) is 19.8. The van der Waals surface area contributed by atoms with Crippen molar-refractivity contribution in [3.05, 3.63) is 82.8 Å². The van der Waals surface area contributed by atoms with E-state index in [-0.39, 0.29) is 5.56 Å². The SMILES string of the molecule is Cn1ncc2c(=O)n(-c3ccccc3)c(SCc3ccccc3)nc21. The number of aryl methyl sites for hydroxylation is 1. The van der Waals surface area contributed by atoms with Crippen LogP contribution >= 0.6 is 11.8 Å². The summed E-state index contributed by atoms with van der Waals surface area (Å²) < 4.78 is 3.30. The Morgan fingerprint density at radius 3 is 2.40 bits per heavy atom. The van der Waals surface area contributed by atoms with Crippen molar-refractivity contribution in [2.45, 2.75) is 10.9 Å². The molecule has 0 atom stereocenters. The molecule has 0 amide bonds. The van der Waals surface area contributed by atoms with Gasteiger partial charge in [-0.2, -0.15) is 5.10 Å². The first kappa shape index (κ1) is 15.7. The molecule has 0 saturated carbocycles. The van der Waals surface area contributed by atoms with Gasteiger partial charge in [0.25, 0.3) is 5.56 Å². The number of benzene rings is 2. The standard InChI is InChI=1S/C19H16N4OS/c1-22-17-16(12-20-22)18(24)23(15-10-6-3-7-11-15)19(21-17)25-13-14-8-4-2-5-9-14/h2-12H,13H2,1H3. The van der Waals surface area contributed by atoms with Crippen LogP contribution in [0.25, 0.3) is 16.7 Å². The van der Waals surface area contributed by atoms with Gasteiger partial charge in [0.15, 0.2) is 10.8 Å². The minimum Gasteiger partial charge on any atom is -0.268 e. The Morgan fingerprint density at radius 1 is 1.00 bits per heavy atom. The van der Waals surface area contributed by atoms with E-state index in [2.05, 4.69) is 17.2 Å². The fourth-order valence-electron chi connectivity index (χ4n) is 2.69. The Bertz CT molecular complexity index is 1070. The predicted molar refractivity (Wildman–Crippen MR) is 100 cm³/mol. The van der Waals surface area contributed by atoms with Crippen LogP contribution in [0.2, 0.25) is 0 Å². The molecule has 2 aromatic carbocycles. The molecule has 0 unspecified atom stereocenters. The predicted octanol–water partition coefficient (Wildman–Crippen LogP) is 3.41. The summed E-state index contributed by atoms with van der Waals surface area (Å²) >= 11 is 1.55. The summed E-state index contributed by atoms with van der Waals surface area (Å²) in [7, 11) is 1.80. The van der Waals surface area contributed by atoms with Crippen LogP contribution in [-0.4, -0.2) is 19.3 Å². The van der Waals surface area contributed by atoms with Gasteiger partial charge in [0.05, 0.1) is 11.9 Å². The molecule has 5 nitrogen and oxygen atoms in total. The molecule has 0 radical (unpaired) electrons. The second-order valence-corrected chi connectivity index (χ2v) is 6.59. The fourth-order valence-corrected chi connectivity index (χ4v) is 3.64. The van der Waals surface area contributed by atoms with E-state index in [1.165, 1.54) is 5.56 Å². The molecule has 25 heavy (non-hydrogen) atoms. The van der Waals surface area contributed by atoms with Crippen LogP contribution in [0, 0.1) is 0 Å². The lowest BCUT2D eigenvalue weighted by Gasteiger charge is -2.12. The van der Waals surface area contributed by atoms with Crippen molar-refractivity contribution in [1.82, 2.24) is 19.3 Å². The highest BCUT2D eigenvalue weighted by atomic mass is 32.2. The van der Waals surface area contributed by atoms with Gasteiger partial charge in [-0.15, -0.1) is 0 Å². The number of rotatable bonds is 4. The molecule has 0 aliphatic rings. The molecule has 4 rings (SSSR count). The molecule has 0 bridgehead atoms. The number of thioether (sulfide) groups is 1. The van der Waals surface area contributed by atoms with E-state index in [0.29, 0.717) is 16.2 Å². The average molecular weight is 348 g/mol. The van der Waals surface area contributed by atoms with Crippen LogP contribution in [0.1, 0.15) is 5.56 Å². The Balaban J connectivity index is 1.85. The van der Waals surface area contributed by atoms with Crippen molar-refractivity contribution in [1.29, 1.82) is 0 Å². The highest BCUT2D eigenvalue weighted by Crippen LogP contribution is 2.24. The molecule has 0 saturated heterocycles. The smallest absolute Gasteiger partial charge is 0.268 e. The van der Waals surface area contributed by atoms with Gasteiger partial charge in [-0.1, -0.05) is 60.3 Å². The third kappa shape index (κ3) is 2.96. The van der Waals surface area contributed by atoms with Gasteiger partial charge in [-0.05, 0) is 17.7 Å². The molecule has 2 heterocycles. The van der Waals surface area contributed by atoms with Crippen molar-refractivity contribution >= 4 is 22.8 Å². The first-order chi connectivity index (χ1) is 12.2. The molecule has 6 heteroatoms. The fraction of sp³-hybridized carbons (Fsp3) is 0.105. The Labute approximate surface area is 148 Å². The summed E-state index contributed by atoms with van der Waals surface area (Å²) in [5.74, 6) is 0.740. The molecular weight excluding hydrogens is 332 g/mol. The summed E-state index contributed by atoms with van der Waals surface area (Å²) in [6.45, 7) is 0. The van der Waals surface area contributed by atoms with E-state index in [1.807, 2.05) is 48.5 Å². The third-order valence-electron chi connectivity index (χ3n) is 3.96. The minimum absolute atomic E-state index is 0.0974. The van der Waals surface area contributed by atoms with Gasteiger partial charge < -0.3 is 0 Å². The number of nitrogens with zero attached hydrogens (tertiary/aromatic N) is 4. The van der Waals surface area contributed by atoms with Crippen LogP contribution in [0.3, 0.4) is 0 Å². The summed E-state index contributed by atoms with van der Waals surface area (Å²) in [6.07, 6.45) is 1.58. The zero-order valence-corrected chi connectivity index (χ0v) is 14.5. The van der Waals surface area contributed by atoms with E-state index in [0.717, 1.165) is 11.4 Å². The molecule has 4 aromatic rings. The van der Waals surface area contributed by atoms with Crippen LogP contribution < -0.4 is 5.56 Å². The normalized spacial score (nSPS) is 11.1. The largest absolute Gasteiger partial charge is 0.269 e. The van der Waals surface area contributed by atoms with Crippen LogP contribution in [0.15, 0.2) is 76.8 Å². The quantitative estimate of drug-likeness (QED) is 0.419. The van der Waals surface area contributed by atoms with Crippen molar-refractivity contribution in [3.63, 3.8) is 0 Å². The first-order valence-electron chi connectivity index (χ1n) is 7.91. The average Bonchev–Trinajstić information content (AvgIpc) is 3.03. The van der Waals surface area contributed by atoms with Crippen molar-refractivity contribution in [2.75, 3.05) is 0 Å². The number of aromatic nitrogens is 4. The zero-order valence-electron chi connectivity index (χ0n) is 13.7. The van der Waals surface area contributed by atoms with Gasteiger partial charge >= 0.3 is 0 Å². The maximum atomic E-state index is 13.0. The second-order valence-electron chi connectivity index (χ2n) is 5.65. The van der Waals surface area contributed by atoms with Crippen LogP contribution in [0.5, 0.6) is 0 Å². The van der Waals surface area contributed by atoms with E-state index < -0.39 is 0 Å². The van der Waals surface area contributed by atoms with Gasteiger partial charge in [0.2, 0.25) is 0 Å². The lowest BCUT2D eigenvalue weighted by Crippen LogP contribution is -2.21. The van der Waals surface area contributed by atoms with Gasteiger partial charge in [-0.25, -0.2) is 4.98 Å². The number of fused-ring (bicyclic) bond motifs is 1. The lowest BCUT2D eigenvalue weighted by molar-refractivity contribution is 0.758. The monoisotopic (exact) mass is 348 g/mol. The highest BCUT2D eigenvalue weighted by molar-refractivity contribution is 7.98. The topological polar surface area (TPSA) is 52.7 Å². The summed E-state index contributed by atoms with van der Waals surface area (Å²) in [4.78, 5) is 17.7. The summed E-state index contributed by atoms with van der Waals surface area (Å²) in [5.41, 5.74) is 2.50. The number of hydrogen-bond acceptors (Lipinski definition) is 4. The van der Waals surface area contributed by atoms with E-state index in [4.69, 9.17) is 4.98 Å². The Morgan fingerprint density at radius 2 is 1.68 bits per heavy atom. The van der Waals surface area contributed by atoms with E-state index in [9.17, 15) is 4.79 Å². The van der Waals surface area contributed by atoms with Crippen LogP contribution in [-0.2, 0) is 12.8 Å². The molecule has 124 valence electrons. The minimum atomic E-state index is -0.0974. The molecule has 0 N–H and O–H groups in total. The summed E-state index contributed by atoms with van der Waals surface area (Å²) in [5, 5.41) is 5.37. The lowest BCUT2D eigenvalue weighted by atomic mass is 10.2. The highest BCUT2D eigenvalue weighted by Gasteiger charge is 2.15. The van der Waals surface area contributed by atoms with Gasteiger partial charge in [-0.3, -0.25) is 14.0 Å². The van der Waals surface area contributed by atoms with Gasteiger partial charge in [0.1, 0.15) is 5.39 Å². The maximum Gasteiger partial charge on any atom is 0.269 e. The second kappa shape index (κ2) is 6.57. The molecule has 0 aliphatic carbocycles. The first-order valence-corrected chi connectivity index (χ1v) is 8.89.